The number of anilines is 2. The molecule has 1 aliphatic heterocycles. The number of Topliss-reactive ketones (excluding diaryl/α,β-unsaturated/α-hetero) is 1. The van der Waals surface area contributed by atoms with Gasteiger partial charge in [0.05, 0.1) is 5.56 Å². The van der Waals surface area contributed by atoms with Gasteiger partial charge in [0.1, 0.15) is 35.0 Å². The van der Waals surface area contributed by atoms with Crippen molar-refractivity contribution in [2.24, 2.45) is 0 Å². The normalized spacial score (nSPS) is 16.7. The summed E-state index contributed by atoms with van der Waals surface area (Å²) in [5.74, 6) is 0.518. The Balaban J connectivity index is 0.000000296. The number of piperidine rings is 1. The molecule has 0 bridgehead atoms. The number of likely N-dealkylation sites (tertiary alicyclic amines) is 1. The molecule has 0 saturated carbocycles. The first kappa shape index (κ1) is 31.1. The van der Waals surface area contributed by atoms with E-state index >= 15 is 0 Å². The SMILES string of the molecule is CCC(=O)C(=O)N1CC(c2nc(-c3ccc(C=O)cc3)c3c(N)nccn23)CCC1C.CNc1cc(C(F)(F)F)ccn1. The van der Waals surface area contributed by atoms with Crippen LogP contribution in [0.3, 0.4) is 0 Å². The summed E-state index contributed by atoms with van der Waals surface area (Å²) >= 11 is 0. The largest absolute Gasteiger partial charge is 0.416 e. The lowest BCUT2D eigenvalue weighted by atomic mass is 9.92. The van der Waals surface area contributed by atoms with Crippen LogP contribution in [0.25, 0.3) is 16.8 Å². The number of hydrogen-bond acceptors (Lipinski definition) is 8. The number of carbonyl (C=O) groups is 3. The van der Waals surface area contributed by atoms with Gasteiger partial charge in [-0.3, -0.25) is 18.8 Å². The van der Waals surface area contributed by atoms with Crippen LogP contribution in [0.1, 0.15) is 60.8 Å². The van der Waals surface area contributed by atoms with Crippen molar-refractivity contribution in [1.82, 2.24) is 24.3 Å². The van der Waals surface area contributed by atoms with Crippen LogP contribution >= 0.6 is 0 Å². The number of alkyl halides is 3. The quantitative estimate of drug-likeness (QED) is 0.235. The van der Waals surface area contributed by atoms with Crippen LogP contribution in [-0.4, -0.2) is 61.9 Å². The molecule has 3 N–H and O–H groups in total. The van der Waals surface area contributed by atoms with Gasteiger partial charge in [0.15, 0.2) is 0 Å². The van der Waals surface area contributed by atoms with E-state index in [0.29, 0.717) is 29.1 Å². The Bertz CT molecular complexity index is 1620. The highest BCUT2D eigenvalue weighted by molar-refractivity contribution is 6.36. The van der Waals surface area contributed by atoms with Crippen LogP contribution < -0.4 is 11.1 Å². The van der Waals surface area contributed by atoms with Gasteiger partial charge in [-0.2, -0.15) is 13.2 Å². The van der Waals surface area contributed by atoms with Gasteiger partial charge in [0.2, 0.25) is 5.78 Å². The number of carbonyl (C=O) groups excluding carboxylic acids is 3. The lowest BCUT2D eigenvalue weighted by molar-refractivity contribution is -0.147. The number of pyridine rings is 1. The van der Waals surface area contributed by atoms with E-state index < -0.39 is 17.6 Å². The smallest absolute Gasteiger partial charge is 0.382 e. The number of imidazole rings is 1. The fourth-order valence-electron chi connectivity index (χ4n) is 4.95. The third kappa shape index (κ3) is 6.82. The van der Waals surface area contributed by atoms with Crippen molar-refractivity contribution in [3.63, 3.8) is 0 Å². The van der Waals surface area contributed by atoms with Crippen LogP contribution in [0.5, 0.6) is 0 Å². The average Bonchev–Trinajstić information content (AvgIpc) is 3.41. The van der Waals surface area contributed by atoms with E-state index in [9.17, 15) is 27.6 Å². The molecular formula is C30H32F3N7O3. The van der Waals surface area contributed by atoms with Gasteiger partial charge in [-0.1, -0.05) is 31.2 Å². The molecule has 4 heterocycles. The lowest BCUT2D eigenvalue weighted by Gasteiger charge is -2.37. The minimum atomic E-state index is -4.30. The van der Waals surface area contributed by atoms with Crippen LogP contribution in [0.4, 0.5) is 24.8 Å². The molecule has 5 rings (SSSR count). The third-order valence-electron chi connectivity index (χ3n) is 7.34. The van der Waals surface area contributed by atoms with E-state index in [-0.39, 0.29) is 30.0 Å². The predicted octanol–water partition coefficient (Wildman–Crippen LogP) is 5.01. The maximum atomic E-state index is 12.6. The Morgan fingerprint density at radius 2 is 1.84 bits per heavy atom. The molecule has 13 heteroatoms. The molecule has 0 aliphatic carbocycles. The first-order chi connectivity index (χ1) is 20.5. The molecule has 1 aromatic carbocycles. The number of nitrogen functional groups attached to an aromatic ring is 1. The molecule has 2 atom stereocenters. The Kier molecular flexibility index (Phi) is 9.42. The summed E-state index contributed by atoms with van der Waals surface area (Å²) in [4.78, 5) is 50.1. The summed E-state index contributed by atoms with van der Waals surface area (Å²) in [7, 11) is 1.52. The molecule has 4 aromatic rings. The van der Waals surface area contributed by atoms with Gasteiger partial charge in [-0.15, -0.1) is 0 Å². The van der Waals surface area contributed by atoms with E-state index in [4.69, 9.17) is 10.7 Å². The number of amides is 1. The summed E-state index contributed by atoms with van der Waals surface area (Å²) in [6, 6.07) is 9.04. The summed E-state index contributed by atoms with van der Waals surface area (Å²) in [5, 5.41) is 2.53. The summed E-state index contributed by atoms with van der Waals surface area (Å²) in [6.07, 6.45) is 2.89. The fourth-order valence-corrected chi connectivity index (χ4v) is 4.95. The highest BCUT2D eigenvalue weighted by atomic mass is 19.4. The maximum Gasteiger partial charge on any atom is 0.416 e. The van der Waals surface area contributed by atoms with Crippen molar-refractivity contribution >= 4 is 35.1 Å². The van der Waals surface area contributed by atoms with Crippen molar-refractivity contribution in [2.75, 3.05) is 24.6 Å². The van der Waals surface area contributed by atoms with Crippen molar-refractivity contribution in [1.29, 1.82) is 0 Å². The monoisotopic (exact) mass is 595 g/mol. The van der Waals surface area contributed by atoms with Gasteiger partial charge in [-0.05, 0) is 31.9 Å². The van der Waals surface area contributed by atoms with Gasteiger partial charge in [0, 0.05) is 61.7 Å². The number of nitrogens with zero attached hydrogens (tertiary/aromatic N) is 5. The van der Waals surface area contributed by atoms with Crippen LogP contribution in [0, 0.1) is 0 Å². The van der Waals surface area contributed by atoms with Crippen molar-refractivity contribution in [3.8, 4) is 11.3 Å². The van der Waals surface area contributed by atoms with Gasteiger partial charge in [-0.25, -0.2) is 15.0 Å². The van der Waals surface area contributed by atoms with E-state index in [0.717, 1.165) is 48.8 Å². The summed E-state index contributed by atoms with van der Waals surface area (Å²) in [5.41, 5.74) is 8.30. The molecule has 1 saturated heterocycles. The second-order valence-corrected chi connectivity index (χ2v) is 10.1. The van der Waals surface area contributed by atoms with E-state index in [1.54, 1.807) is 30.2 Å². The number of aldehydes is 1. The third-order valence-corrected chi connectivity index (χ3v) is 7.34. The van der Waals surface area contributed by atoms with Crippen LogP contribution in [0.15, 0.2) is 55.0 Å². The standard InChI is InChI=1S/C23H25N5O3.C7H7F3N2/c1-3-18(30)23(31)28-12-17(7-4-14(28)2)22-26-19(16-8-5-15(13-29)6-9-16)20-21(24)25-10-11-27(20)22;1-11-6-4-5(2-3-12-6)7(8,9)10/h5-6,8-11,13-14,17H,3-4,7,12H2,1-2H3,(H2,24,25);2-4H,1H3,(H,11,12). The Labute approximate surface area is 246 Å². The lowest BCUT2D eigenvalue weighted by Crippen LogP contribution is -2.47. The van der Waals surface area contributed by atoms with Gasteiger partial charge < -0.3 is 16.0 Å². The number of hydrogen-bond donors (Lipinski definition) is 2. The van der Waals surface area contributed by atoms with Crippen molar-refractivity contribution < 1.29 is 27.6 Å². The molecule has 10 nitrogen and oxygen atoms in total. The molecule has 0 radical (unpaired) electrons. The Morgan fingerprint density at radius 1 is 1.12 bits per heavy atom. The summed E-state index contributed by atoms with van der Waals surface area (Å²) in [6.45, 7) is 4.10. The van der Waals surface area contributed by atoms with Crippen molar-refractivity contribution in [2.45, 2.75) is 51.2 Å². The van der Waals surface area contributed by atoms with Crippen LogP contribution in [-0.2, 0) is 15.8 Å². The zero-order valence-electron chi connectivity index (χ0n) is 23.9. The predicted molar refractivity (Wildman–Crippen MR) is 155 cm³/mol. The van der Waals surface area contributed by atoms with Gasteiger partial charge in [0.25, 0.3) is 5.91 Å². The average molecular weight is 596 g/mol. The van der Waals surface area contributed by atoms with Crippen LogP contribution in [0.2, 0.25) is 0 Å². The number of nitrogens with one attached hydrogen (secondary N) is 1. The molecule has 1 aliphatic rings. The fraction of sp³-hybridized carbons (Fsp3) is 0.333. The molecule has 3 aromatic heterocycles. The number of fused-ring (bicyclic) bond motifs is 1. The second kappa shape index (κ2) is 13.0. The maximum absolute atomic E-state index is 12.6. The first-order valence-electron chi connectivity index (χ1n) is 13.7. The first-order valence-corrected chi connectivity index (χ1v) is 13.7. The number of halogens is 3. The topological polar surface area (TPSA) is 136 Å². The molecule has 1 amide bonds. The second-order valence-electron chi connectivity index (χ2n) is 10.1. The number of nitrogens with two attached hydrogens (primary N) is 1. The van der Waals surface area contributed by atoms with E-state index in [2.05, 4.69) is 15.3 Å². The zero-order valence-corrected chi connectivity index (χ0v) is 23.9. The van der Waals surface area contributed by atoms with Crippen molar-refractivity contribution in [3.05, 3.63) is 71.9 Å². The number of ketones is 1. The van der Waals surface area contributed by atoms with E-state index in [1.165, 1.54) is 7.05 Å². The zero-order chi connectivity index (χ0) is 31.3. The number of aromatic nitrogens is 4. The molecule has 226 valence electrons. The van der Waals surface area contributed by atoms with E-state index in [1.807, 2.05) is 29.7 Å². The Morgan fingerprint density at radius 3 is 2.47 bits per heavy atom. The number of rotatable bonds is 6. The minimum Gasteiger partial charge on any atom is -0.382 e. The molecular weight excluding hydrogens is 563 g/mol. The molecule has 1 fully saturated rings. The Hall–Kier alpha value is -4.81. The molecule has 0 spiro atoms. The number of benzene rings is 1. The summed E-state index contributed by atoms with van der Waals surface area (Å²) < 4.78 is 38.1. The molecule has 2 unspecified atom stereocenters. The molecule has 43 heavy (non-hydrogen) atoms. The highest BCUT2D eigenvalue weighted by Gasteiger charge is 2.35. The van der Waals surface area contributed by atoms with Gasteiger partial charge >= 0.3 is 6.18 Å². The highest BCUT2D eigenvalue weighted by Crippen LogP contribution is 2.35. The minimum absolute atomic E-state index is 0.00701.